The highest BCUT2D eigenvalue weighted by atomic mass is 16.2. The Balaban J connectivity index is 1.72. The van der Waals surface area contributed by atoms with Gasteiger partial charge < -0.3 is 10.2 Å². The monoisotopic (exact) mass is 433 g/mol. The zero-order valence-electron chi connectivity index (χ0n) is 18.5. The Bertz CT molecular complexity index is 1060. The molecule has 32 heavy (non-hydrogen) atoms. The number of carbonyl (C=O) groups excluding carboxylic acids is 4. The largest absolute Gasteiger partial charge is 0.352 e. The number of rotatable bonds is 5. The number of benzene rings is 2. The molecule has 1 fully saturated rings. The van der Waals surface area contributed by atoms with Crippen molar-refractivity contribution in [1.82, 2.24) is 15.1 Å². The first-order valence-corrected chi connectivity index (χ1v) is 10.9. The van der Waals surface area contributed by atoms with Crippen molar-refractivity contribution in [3.05, 3.63) is 70.8 Å². The summed E-state index contributed by atoms with van der Waals surface area (Å²) in [5.74, 6) is -1.50. The van der Waals surface area contributed by atoms with Crippen LogP contribution < -0.4 is 5.32 Å². The van der Waals surface area contributed by atoms with Gasteiger partial charge in [0.25, 0.3) is 11.8 Å². The molecular formula is C25H27N3O4. The van der Waals surface area contributed by atoms with Crippen molar-refractivity contribution in [3.63, 3.8) is 0 Å². The Labute approximate surface area is 187 Å². The van der Waals surface area contributed by atoms with Crippen molar-refractivity contribution in [2.75, 3.05) is 13.1 Å². The standard InChI is InChI=1S/C25H27N3O4/c1-15(2)13-20(28-23(30)18-9-4-5-10-19(18)24(28)31)25(32)27-12-11-26-22(29)21(27)17-8-6-7-16(3)14-17/h4-10,14-15,20-21H,11-13H2,1-3H3,(H,26,29). The fraction of sp³-hybridized carbons (Fsp3) is 0.360. The number of aryl methyl sites for hydroxylation is 1. The molecule has 0 bridgehead atoms. The van der Waals surface area contributed by atoms with Crippen molar-refractivity contribution < 1.29 is 19.2 Å². The molecule has 2 aromatic rings. The molecule has 7 heteroatoms. The van der Waals surface area contributed by atoms with E-state index in [2.05, 4.69) is 5.32 Å². The third-order valence-corrected chi connectivity index (χ3v) is 5.97. The highest BCUT2D eigenvalue weighted by Gasteiger charge is 2.46. The predicted molar refractivity (Wildman–Crippen MR) is 119 cm³/mol. The van der Waals surface area contributed by atoms with Gasteiger partial charge in [0.2, 0.25) is 11.8 Å². The van der Waals surface area contributed by atoms with E-state index in [1.807, 2.05) is 45.0 Å². The molecule has 0 radical (unpaired) electrons. The SMILES string of the molecule is Cc1cccc(C2C(=O)NCCN2C(=O)C(CC(C)C)N2C(=O)c3ccccc3C2=O)c1. The van der Waals surface area contributed by atoms with Crippen molar-refractivity contribution in [1.29, 1.82) is 0 Å². The summed E-state index contributed by atoms with van der Waals surface area (Å²) in [6, 6.07) is 12.3. The molecule has 4 amide bonds. The maximum Gasteiger partial charge on any atom is 0.262 e. The number of imide groups is 1. The lowest BCUT2D eigenvalue weighted by molar-refractivity contribution is -0.146. The summed E-state index contributed by atoms with van der Waals surface area (Å²) in [5, 5.41) is 2.84. The van der Waals surface area contributed by atoms with Gasteiger partial charge in [0, 0.05) is 13.1 Å². The minimum Gasteiger partial charge on any atom is -0.352 e. The molecule has 0 aliphatic carbocycles. The first-order valence-electron chi connectivity index (χ1n) is 10.9. The number of piperazine rings is 1. The summed E-state index contributed by atoms with van der Waals surface area (Å²) in [4.78, 5) is 55.6. The molecule has 2 aliphatic heterocycles. The minimum atomic E-state index is -0.972. The molecular weight excluding hydrogens is 406 g/mol. The van der Waals surface area contributed by atoms with Gasteiger partial charge in [0.15, 0.2) is 0 Å². The molecule has 1 N–H and O–H groups in total. The molecule has 7 nitrogen and oxygen atoms in total. The van der Waals surface area contributed by atoms with Crippen LogP contribution in [0.25, 0.3) is 0 Å². The van der Waals surface area contributed by atoms with E-state index in [1.165, 1.54) is 4.90 Å². The third-order valence-electron chi connectivity index (χ3n) is 5.97. The number of carbonyl (C=O) groups is 4. The Hall–Kier alpha value is -3.48. The van der Waals surface area contributed by atoms with Crippen molar-refractivity contribution in [2.24, 2.45) is 5.92 Å². The van der Waals surface area contributed by atoms with E-state index in [9.17, 15) is 19.2 Å². The molecule has 166 valence electrons. The van der Waals surface area contributed by atoms with Gasteiger partial charge in [-0.05, 0) is 37.0 Å². The van der Waals surface area contributed by atoms with Gasteiger partial charge in [-0.15, -0.1) is 0 Å². The fourth-order valence-electron chi connectivity index (χ4n) is 4.52. The number of fused-ring (bicyclic) bond motifs is 1. The number of nitrogens with one attached hydrogen (secondary N) is 1. The molecule has 2 aliphatic rings. The molecule has 1 saturated heterocycles. The lowest BCUT2D eigenvalue weighted by Crippen LogP contribution is -2.58. The normalized spacial score (nSPS) is 19.2. The van der Waals surface area contributed by atoms with Crippen molar-refractivity contribution >= 4 is 23.6 Å². The van der Waals surface area contributed by atoms with Gasteiger partial charge >= 0.3 is 0 Å². The molecule has 2 atom stereocenters. The average Bonchev–Trinajstić information content (AvgIpc) is 3.01. The summed E-state index contributed by atoms with van der Waals surface area (Å²) in [6.45, 7) is 6.44. The third kappa shape index (κ3) is 3.79. The van der Waals surface area contributed by atoms with Crippen LogP contribution in [0.1, 0.15) is 58.2 Å². The summed E-state index contributed by atoms with van der Waals surface area (Å²) >= 11 is 0. The number of nitrogens with zero attached hydrogens (tertiary/aromatic N) is 2. The Morgan fingerprint density at radius 1 is 1.03 bits per heavy atom. The molecule has 0 aromatic heterocycles. The van der Waals surface area contributed by atoms with E-state index in [-0.39, 0.29) is 17.7 Å². The predicted octanol–water partition coefficient (Wildman–Crippen LogP) is 2.71. The Kier molecular flexibility index (Phi) is 5.82. The van der Waals surface area contributed by atoms with Gasteiger partial charge in [-0.3, -0.25) is 24.1 Å². The topological polar surface area (TPSA) is 86.8 Å². The second kappa shape index (κ2) is 8.57. The Morgan fingerprint density at radius 3 is 2.28 bits per heavy atom. The van der Waals surface area contributed by atoms with Gasteiger partial charge in [-0.2, -0.15) is 0 Å². The van der Waals surface area contributed by atoms with Crippen LogP contribution in [0.15, 0.2) is 48.5 Å². The summed E-state index contributed by atoms with van der Waals surface area (Å²) in [7, 11) is 0. The van der Waals surface area contributed by atoms with E-state index in [0.29, 0.717) is 36.2 Å². The van der Waals surface area contributed by atoms with Gasteiger partial charge in [-0.25, -0.2) is 0 Å². The minimum absolute atomic E-state index is 0.0595. The van der Waals surface area contributed by atoms with Crippen LogP contribution in [-0.2, 0) is 9.59 Å². The second-order valence-corrected chi connectivity index (χ2v) is 8.81. The molecule has 0 spiro atoms. The van der Waals surface area contributed by atoms with E-state index in [4.69, 9.17) is 0 Å². The zero-order valence-corrected chi connectivity index (χ0v) is 18.5. The van der Waals surface area contributed by atoms with Crippen LogP contribution in [0.2, 0.25) is 0 Å². The van der Waals surface area contributed by atoms with Gasteiger partial charge in [-0.1, -0.05) is 55.8 Å². The van der Waals surface area contributed by atoms with E-state index in [0.717, 1.165) is 10.5 Å². The van der Waals surface area contributed by atoms with E-state index in [1.54, 1.807) is 24.3 Å². The number of amides is 4. The van der Waals surface area contributed by atoms with Crippen LogP contribution in [0.3, 0.4) is 0 Å². The number of hydrogen-bond donors (Lipinski definition) is 1. The first kappa shape index (κ1) is 21.7. The van der Waals surface area contributed by atoms with Crippen LogP contribution in [0.4, 0.5) is 0 Å². The van der Waals surface area contributed by atoms with Crippen molar-refractivity contribution in [2.45, 2.75) is 39.3 Å². The molecule has 2 heterocycles. The van der Waals surface area contributed by atoms with Crippen LogP contribution in [0.5, 0.6) is 0 Å². The zero-order chi connectivity index (χ0) is 23.0. The Morgan fingerprint density at radius 2 is 1.69 bits per heavy atom. The quantitative estimate of drug-likeness (QED) is 0.735. The van der Waals surface area contributed by atoms with Gasteiger partial charge in [0.1, 0.15) is 12.1 Å². The summed E-state index contributed by atoms with van der Waals surface area (Å²) in [6.07, 6.45) is 0.322. The lowest BCUT2D eigenvalue weighted by atomic mass is 9.96. The summed E-state index contributed by atoms with van der Waals surface area (Å²) in [5.41, 5.74) is 2.31. The molecule has 0 saturated carbocycles. The number of hydrogen-bond acceptors (Lipinski definition) is 4. The van der Waals surface area contributed by atoms with Crippen LogP contribution in [-0.4, -0.2) is 52.6 Å². The summed E-state index contributed by atoms with van der Waals surface area (Å²) < 4.78 is 0. The van der Waals surface area contributed by atoms with E-state index < -0.39 is 23.9 Å². The second-order valence-electron chi connectivity index (χ2n) is 8.81. The van der Waals surface area contributed by atoms with Crippen LogP contribution >= 0.6 is 0 Å². The van der Waals surface area contributed by atoms with E-state index >= 15 is 0 Å². The van der Waals surface area contributed by atoms with Crippen LogP contribution in [0, 0.1) is 12.8 Å². The van der Waals surface area contributed by atoms with Gasteiger partial charge in [0.05, 0.1) is 11.1 Å². The first-order chi connectivity index (χ1) is 15.3. The lowest BCUT2D eigenvalue weighted by Gasteiger charge is -2.39. The maximum absolute atomic E-state index is 13.9. The molecule has 2 aromatic carbocycles. The molecule has 4 rings (SSSR count). The maximum atomic E-state index is 13.9. The smallest absolute Gasteiger partial charge is 0.262 e. The highest BCUT2D eigenvalue weighted by molar-refractivity contribution is 6.22. The fourth-order valence-corrected chi connectivity index (χ4v) is 4.52. The highest BCUT2D eigenvalue weighted by Crippen LogP contribution is 2.31. The molecule has 2 unspecified atom stereocenters. The van der Waals surface area contributed by atoms with Crippen molar-refractivity contribution in [3.8, 4) is 0 Å². The average molecular weight is 434 g/mol.